The second-order valence-electron chi connectivity index (χ2n) is 9.66. The molecule has 2 aromatic carbocycles. The van der Waals surface area contributed by atoms with E-state index in [0.29, 0.717) is 39.6 Å². The smallest absolute Gasteiger partial charge is 0.390 e. The molecule has 1 amide bonds. The summed E-state index contributed by atoms with van der Waals surface area (Å²) in [5.74, 6) is 0.426. The molecule has 1 aliphatic rings. The average molecular weight is 536 g/mol. The van der Waals surface area contributed by atoms with Gasteiger partial charge in [-0.2, -0.15) is 18.3 Å². The molecule has 3 N–H and O–H groups in total. The Bertz CT molecular complexity index is 1590. The van der Waals surface area contributed by atoms with Crippen LogP contribution in [0.5, 0.6) is 5.75 Å². The lowest BCUT2D eigenvalue weighted by Gasteiger charge is -2.16. The summed E-state index contributed by atoms with van der Waals surface area (Å²) in [6.07, 6.45) is -1.67. The summed E-state index contributed by atoms with van der Waals surface area (Å²) in [6.45, 7) is 5.77. The summed E-state index contributed by atoms with van der Waals surface area (Å²) in [5.41, 5.74) is 12.0. The number of anilines is 1. The molecule has 0 spiro atoms. The van der Waals surface area contributed by atoms with Gasteiger partial charge in [-0.1, -0.05) is 24.8 Å². The molecule has 4 aromatic rings. The Labute approximate surface area is 223 Å². The highest BCUT2D eigenvalue weighted by Gasteiger charge is 2.31. The van der Waals surface area contributed by atoms with Crippen molar-refractivity contribution < 1.29 is 22.7 Å². The van der Waals surface area contributed by atoms with Gasteiger partial charge in [-0.05, 0) is 66.6 Å². The summed E-state index contributed by atoms with van der Waals surface area (Å²) in [7, 11) is 1.57. The van der Waals surface area contributed by atoms with Crippen molar-refractivity contribution in [1.29, 1.82) is 0 Å². The number of benzene rings is 2. The number of nitrogens with two attached hydrogens (primary N) is 1. The van der Waals surface area contributed by atoms with Crippen LogP contribution in [0.2, 0.25) is 0 Å². The number of ether oxygens (including phenoxy) is 1. The molecule has 0 saturated heterocycles. The Morgan fingerprint density at radius 1 is 1.23 bits per heavy atom. The maximum Gasteiger partial charge on any atom is 0.390 e. The molecular formula is C29H28F3N5O2. The van der Waals surface area contributed by atoms with Gasteiger partial charge < -0.3 is 15.8 Å². The highest BCUT2D eigenvalue weighted by atomic mass is 19.4. The maximum absolute atomic E-state index is 12.9. The summed E-state index contributed by atoms with van der Waals surface area (Å²) in [6, 6.07) is 12.5. The second kappa shape index (κ2) is 10.1. The normalized spacial score (nSPS) is 13.5. The summed E-state index contributed by atoms with van der Waals surface area (Å²) in [5, 5.41) is 7.72. The number of carbonyl (C=O) groups is 1. The molecule has 0 radical (unpaired) electrons. The number of fused-ring (bicyclic) bond motifs is 1. The summed E-state index contributed by atoms with van der Waals surface area (Å²) >= 11 is 0. The van der Waals surface area contributed by atoms with E-state index >= 15 is 0 Å². The molecule has 1 aliphatic carbocycles. The number of nitrogens with zero attached hydrogens (tertiary/aromatic N) is 3. The van der Waals surface area contributed by atoms with Gasteiger partial charge in [0.25, 0.3) is 0 Å². The van der Waals surface area contributed by atoms with Crippen molar-refractivity contribution in [1.82, 2.24) is 14.6 Å². The monoisotopic (exact) mass is 535 g/mol. The fourth-order valence-corrected chi connectivity index (χ4v) is 4.84. The first-order valence-electron chi connectivity index (χ1n) is 12.5. The third-order valence-corrected chi connectivity index (χ3v) is 6.96. The van der Waals surface area contributed by atoms with Crippen molar-refractivity contribution >= 4 is 22.8 Å². The molecule has 0 bridgehead atoms. The number of imidazole rings is 1. The third kappa shape index (κ3) is 5.32. The molecule has 0 aliphatic heterocycles. The zero-order valence-electron chi connectivity index (χ0n) is 21.6. The van der Waals surface area contributed by atoms with Gasteiger partial charge in [-0.25, -0.2) is 9.50 Å². The predicted octanol–water partition coefficient (Wildman–Crippen LogP) is 6.12. The minimum Gasteiger partial charge on any atom is -0.497 e. The number of carbonyl (C=O) groups excluding carboxylic acids is 1. The standard InChI is InChI=1S/C29H28F3N5O2/c1-16(19-5-4-6-20(13-19)39-3)23-14-24(34-12-11-29(30,31)32)28-35-15-25(37(28)36-23)22-10-9-21(27(33)38)17(2)26(22)18-7-8-18/h4-6,9-10,13-15,18,34H,1,7-8,11-12H2,2-3H3,(H2,33,38). The number of primary amides is 1. The second-order valence-corrected chi connectivity index (χ2v) is 9.66. The Morgan fingerprint density at radius 3 is 2.67 bits per heavy atom. The van der Waals surface area contributed by atoms with E-state index in [1.807, 2.05) is 37.3 Å². The molecule has 1 saturated carbocycles. The molecule has 0 atom stereocenters. The first kappa shape index (κ1) is 26.3. The predicted molar refractivity (Wildman–Crippen MR) is 144 cm³/mol. The van der Waals surface area contributed by atoms with Crippen LogP contribution in [0.3, 0.4) is 0 Å². The van der Waals surface area contributed by atoms with Gasteiger partial charge in [-0.3, -0.25) is 4.79 Å². The Hall–Kier alpha value is -4.34. The van der Waals surface area contributed by atoms with Crippen LogP contribution in [0.15, 0.2) is 55.2 Å². The first-order chi connectivity index (χ1) is 18.6. The van der Waals surface area contributed by atoms with E-state index in [2.05, 4.69) is 16.9 Å². The van der Waals surface area contributed by atoms with E-state index in [1.165, 1.54) is 0 Å². The number of hydrogen-bond donors (Lipinski definition) is 2. The summed E-state index contributed by atoms with van der Waals surface area (Å²) in [4.78, 5) is 16.6. The first-order valence-corrected chi connectivity index (χ1v) is 12.5. The lowest BCUT2D eigenvalue weighted by molar-refractivity contribution is -0.131. The molecule has 0 unspecified atom stereocenters. The van der Waals surface area contributed by atoms with Crippen LogP contribution in [0, 0.1) is 6.92 Å². The fourth-order valence-electron chi connectivity index (χ4n) is 4.84. The Morgan fingerprint density at radius 2 is 2.00 bits per heavy atom. The topological polar surface area (TPSA) is 94.5 Å². The van der Waals surface area contributed by atoms with E-state index in [-0.39, 0.29) is 12.5 Å². The van der Waals surface area contributed by atoms with Gasteiger partial charge in [0.15, 0.2) is 5.65 Å². The molecule has 10 heteroatoms. The van der Waals surface area contributed by atoms with Crippen LogP contribution in [-0.4, -0.2) is 40.3 Å². The van der Waals surface area contributed by atoms with Crippen molar-refractivity contribution in [2.45, 2.75) is 38.3 Å². The molecule has 202 valence electrons. The zero-order valence-corrected chi connectivity index (χ0v) is 21.6. The van der Waals surface area contributed by atoms with Crippen LogP contribution >= 0.6 is 0 Å². The molecule has 7 nitrogen and oxygen atoms in total. The lowest BCUT2D eigenvalue weighted by atomic mass is 9.92. The van der Waals surface area contributed by atoms with Crippen molar-refractivity contribution in [3.8, 4) is 17.0 Å². The van der Waals surface area contributed by atoms with Crippen LogP contribution in [0.1, 0.15) is 57.9 Å². The number of amides is 1. The maximum atomic E-state index is 12.9. The highest BCUT2D eigenvalue weighted by Crippen LogP contribution is 2.47. The number of alkyl halides is 3. The van der Waals surface area contributed by atoms with Gasteiger partial charge >= 0.3 is 6.18 Å². The summed E-state index contributed by atoms with van der Waals surface area (Å²) < 4.78 is 45.7. The van der Waals surface area contributed by atoms with Gasteiger partial charge in [-0.15, -0.1) is 0 Å². The van der Waals surface area contributed by atoms with E-state index in [1.54, 1.807) is 30.0 Å². The SMILES string of the molecule is C=C(c1cccc(OC)c1)c1cc(NCCC(F)(F)F)c2ncc(-c3ccc(C(N)=O)c(C)c3C3CC3)n2n1. The number of hydrogen-bond acceptors (Lipinski definition) is 5. The van der Waals surface area contributed by atoms with Gasteiger partial charge in [0.05, 0.1) is 36.8 Å². The van der Waals surface area contributed by atoms with Gasteiger partial charge in [0, 0.05) is 23.2 Å². The van der Waals surface area contributed by atoms with E-state index in [9.17, 15) is 18.0 Å². The molecule has 2 heterocycles. The Balaban J connectivity index is 1.66. The van der Waals surface area contributed by atoms with Crippen molar-refractivity contribution in [2.75, 3.05) is 19.0 Å². The number of nitrogens with one attached hydrogen (secondary N) is 1. The van der Waals surface area contributed by atoms with Crippen molar-refractivity contribution in [3.05, 3.63) is 83.2 Å². The van der Waals surface area contributed by atoms with Crippen LogP contribution in [0.25, 0.3) is 22.5 Å². The van der Waals surface area contributed by atoms with Crippen LogP contribution in [-0.2, 0) is 0 Å². The lowest BCUT2D eigenvalue weighted by Crippen LogP contribution is -2.16. The third-order valence-electron chi connectivity index (χ3n) is 6.96. The zero-order chi connectivity index (χ0) is 27.9. The highest BCUT2D eigenvalue weighted by molar-refractivity contribution is 5.96. The number of rotatable bonds is 9. The van der Waals surface area contributed by atoms with Gasteiger partial charge in [0.2, 0.25) is 5.91 Å². The Kier molecular flexibility index (Phi) is 6.80. The number of aromatic nitrogens is 3. The van der Waals surface area contributed by atoms with E-state index < -0.39 is 18.5 Å². The molecule has 5 rings (SSSR count). The van der Waals surface area contributed by atoms with Crippen LogP contribution < -0.4 is 15.8 Å². The van der Waals surface area contributed by atoms with Gasteiger partial charge in [0.1, 0.15) is 5.75 Å². The fraction of sp³-hybridized carbons (Fsp3) is 0.276. The van der Waals surface area contributed by atoms with Crippen LogP contribution in [0.4, 0.5) is 18.9 Å². The quantitative estimate of drug-likeness (QED) is 0.270. The largest absolute Gasteiger partial charge is 0.497 e. The van der Waals surface area contributed by atoms with E-state index in [4.69, 9.17) is 15.6 Å². The molecule has 39 heavy (non-hydrogen) atoms. The number of methoxy groups -OCH3 is 1. The minimum atomic E-state index is -4.30. The minimum absolute atomic E-state index is 0.282. The average Bonchev–Trinajstić information content (AvgIpc) is 3.64. The molecule has 2 aromatic heterocycles. The number of halogens is 3. The van der Waals surface area contributed by atoms with E-state index in [0.717, 1.165) is 35.1 Å². The van der Waals surface area contributed by atoms with Crippen molar-refractivity contribution in [2.24, 2.45) is 5.73 Å². The van der Waals surface area contributed by atoms with Crippen molar-refractivity contribution in [3.63, 3.8) is 0 Å². The molecule has 1 fully saturated rings. The molecular weight excluding hydrogens is 507 g/mol.